The molecule has 3 aliphatic rings. The molecule has 1 saturated heterocycles. The zero-order chi connectivity index (χ0) is 24.5. The highest BCUT2D eigenvalue weighted by Crippen LogP contribution is 2.44. The van der Waals surface area contributed by atoms with E-state index in [9.17, 15) is 19.5 Å². The fourth-order valence-electron chi connectivity index (χ4n) is 5.45. The molecule has 5 rings (SSSR count). The second kappa shape index (κ2) is 9.70. The van der Waals surface area contributed by atoms with E-state index in [0.717, 1.165) is 11.1 Å². The molecule has 2 aromatic carbocycles. The molecule has 0 aromatic heterocycles. The smallest absolute Gasteiger partial charge is 0.407 e. The van der Waals surface area contributed by atoms with Crippen molar-refractivity contribution in [1.29, 1.82) is 0 Å². The lowest BCUT2D eigenvalue weighted by atomic mass is 9.98. The highest BCUT2D eigenvalue weighted by molar-refractivity contribution is 5.84. The number of amides is 2. The van der Waals surface area contributed by atoms with E-state index >= 15 is 0 Å². The Morgan fingerprint density at radius 2 is 1.66 bits per heavy atom. The molecule has 1 heterocycles. The molecule has 0 spiro atoms. The van der Waals surface area contributed by atoms with Crippen molar-refractivity contribution in [2.24, 2.45) is 17.8 Å². The number of alkyl carbamates (subject to hydrolysis) is 1. The third kappa shape index (κ3) is 4.62. The number of ether oxygens (including phenoxy) is 2. The van der Waals surface area contributed by atoms with Crippen LogP contribution in [-0.2, 0) is 19.1 Å². The fourth-order valence-corrected chi connectivity index (χ4v) is 5.45. The predicted octanol–water partition coefficient (Wildman–Crippen LogP) is 3.11. The Balaban J connectivity index is 1.10. The Morgan fingerprint density at radius 1 is 1.00 bits per heavy atom. The minimum Gasteiger partial charge on any atom is -0.481 e. The van der Waals surface area contributed by atoms with Crippen LogP contribution >= 0.6 is 0 Å². The summed E-state index contributed by atoms with van der Waals surface area (Å²) in [6.07, 6.45) is -0.290. The van der Waals surface area contributed by atoms with E-state index in [0.29, 0.717) is 26.1 Å². The second-order valence-corrected chi connectivity index (χ2v) is 9.49. The van der Waals surface area contributed by atoms with E-state index in [4.69, 9.17) is 9.47 Å². The lowest BCUT2D eigenvalue weighted by Gasteiger charge is -2.16. The number of likely N-dealkylation sites (tertiary alicyclic amines) is 1. The van der Waals surface area contributed by atoms with Crippen LogP contribution in [0, 0.1) is 17.8 Å². The number of nitrogens with zero attached hydrogens (tertiary/aromatic N) is 1. The maximum atomic E-state index is 12.8. The van der Waals surface area contributed by atoms with Crippen molar-refractivity contribution in [1.82, 2.24) is 10.2 Å². The molecule has 2 unspecified atom stereocenters. The van der Waals surface area contributed by atoms with Crippen LogP contribution in [0.25, 0.3) is 11.1 Å². The number of benzene rings is 2. The lowest BCUT2D eigenvalue weighted by Crippen LogP contribution is -2.33. The fraction of sp³-hybridized carbons (Fsp3) is 0.444. The van der Waals surface area contributed by atoms with Gasteiger partial charge in [-0.1, -0.05) is 48.5 Å². The van der Waals surface area contributed by atoms with Gasteiger partial charge in [-0.3, -0.25) is 9.59 Å². The summed E-state index contributed by atoms with van der Waals surface area (Å²) in [5.41, 5.74) is 4.67. The molecule has 0 bridgehead atoms. The molecule has 8 nitrogen and oxygen atoms in total. The van der Waals surface area contributed by atoms with E-state index in [1.54, 1.807) is 4.90 Å². The van der Waals surface area contributed by atoms with Crippen LogP contribution in [0.2, 0.25) is 0 Å². The first kappa shape index (κ1) is 23.4. The van der Waals surface area contributed by atoms with E-state index in [1.807, 2.05) is 31.2 Å². The Bertz CT molecular complexity index is 1090. The first-order valence-electron chi connectivity index (χ1n) is 12.2. The number of nitrogens with one attached hydrogen (secondary N) is 1. The molecule has 1 saturated carbocycles. The molecular weight excluding hydrogens is 448 g/mol. The van der Waals surface area contributed by atoms with Crippen molar-refractivity contribution in [2.75, 3.05) is 32.8 Å². The zero-order valence-electron chi connectivity index (χ0n) is 19.7. The van der Waals surface area contributed by atoms with Crippen LogP contribution in [0.4, 0.5) is 4.79 Å². The van der Waals surface area contributed by atoms with Gasteiger partial charge < -0.3 is 24.8 Å². The average molecular weight is 479 g/mol. The molecule has 2 amide bonds. The lowest BCUT2D eigenvalue weighted by molar-refractivity contribution is -0.145. The van der Waals surface area contributed by atoms with Gasteiger partial charge in [0, 0.05) is 38.1 Å². The molecule has 2 N–H and O–H groups in total. The highest BCUT2D eigenvalue weighted by atomic mass is 16.5. The Hall–Kier alpha value is -3.39. The summed E-state index contributed by atoms with van der Waals surface area (Å²) < 4.78 is 11.1. The summed E-state index contributed by atoms with van der Waals surface area (Å²) in [6.45, 7) is 3.30. The molecule has 2 aromatic rings. The van der Waals surface area contributed by atoms with Crippen LogP contribution in [0.5, 0.6) is 0 Å². The molecular formula is C27H30N2O6. The molecule has 35 heavy (non-hydrogen) atoms. The Kier molecular flexibility index (Phi) is 6.47. The Morgan fingerprint density at radius 3 is 2.29 bits per heavy atom. The highest BCUT2D eigenvalue weighted by Gasteiger charge is 2.49. The van der Waals surface area contributed by atoms with Crippen molar-refractivity contribution < 1.29 is 29.0 Å². The quantitative estimate of drug-likeness (QED) is 0.604. The summed E-state index contributed by atoms with van der Waals surface area (Å²) in [5, 5.41) is 12.2. The number of hydrogen-bond acceptors (Lipinski definition) is 5. The van der Waals surface area contributed by atoms with Gasteiger partial charge in [0.15, 0.2) is 0 Å². The topological polar surface area (TPSA) is 105 Å². The number of aliphatic carboxylic acids is 1. The third-order valence-corrected chi connectivity index (χ3v) is 7.37. The van der Waals surface area contributed by atoms with Crippen molar-refractivity contribution in [3.63, 3.8) is 0 Å². The maximum absolute atomic E-state index is 12.8. The molecule has 1 aliphatic heterocycles. The van der Waals surface area contributed by atoms with E-state index < -0.39 is 24.1 Å². The van der Waals surface area contributed by atoms with Crippen molar-refractivity contribution >= 4 is 18.0 Å². The minimum absolute atomic E-state index is 0.000894. The van der Waals surface area contributed by atoms with Crippen LogP contribution in [0.1, 0.15) is 30.4 Å². The predicted molar refractivity (Wildman–Crippen MR) is 128 cm³/mol. The summed E-state index contributed by atoms with van der Waals surface area (Å²) in [4.78, 5) is 38.3. The second-order valence-electron chi connectivity index (χ2n) is 9.49. The van der Waals surface area contributed by atoms with Gasteiger partial charge in [0.25, 0.3) is 0 Å². The number of fused-ring (bicyclic) bond motifs is 3. The van der Waals surface area contributed by atoms with Crippen molar-refractivity contribution in [3.05, 3.63) is 59.7 Å². The first-order chi connectivity index (χ1) is 17.0. The largest absolute Gasteiger partial charge is 0.481 e. The van der Waals surface area contributed by atoms with Crippen LogP contribution in [0.15, 0.2) is 48.5 Å². The SMILES string of the molecule is CCOC1CN(C(=O)[C@H]2C[C@H]2CNC(=O)OCC2c3ccccc3-c3ccccc32)CC1C(=O)O. The van der Waals surface area contributed by atoms with Crippen LogP contribution in [0.3, 0.4) is 0 Å². The van der Waals surface area contributed by atoms with Gasteiger partial charge >= 0.3 is 12.1 Å². The summed E-state index contributed by atoms with van der Waals surface area (Å²) in [5.74, 6) is -1.86. The molecule has 184 valence electrons. The van der Waals surface area contributed by atoms with Crippen molar-refractivity contribution in [3.8, 4) is 11.1 Å². The first-order valence-corrected chi connectivity index (χ1v) is 12.2. The zero-order valence-corrected chi connectivity index (χ0v) is 19.7. The van der Waals surface area contributed by atoms with Gasteiger partial charge in [0.05, 0.1) is 6.10 Å². The summed E-state index contributed by atoms with van der Waals surface area (Å²) >= 11 is 0. The van der Waals surface area contributed by atoms with Gasteiger partial charge in [-0.2, -0.15) is 0 Å². The molecule has 2 aliphatic carbocycles. The number of hydrogen-bond donors (Lipinski definition) is 2. The van der Waals surface area contributed by atoms with Crippen molar-refractivity contribution in [2.45, 2.75) is 25.4 Å². The summed E-state index contributed by atoms with van der Waals surface area (Å²) in [6, 6.07) is 16.4. The average Bonchev–Trinajstić information content (AvgIpc) is 3.40. The third-order valence-electron chi connectivity index (χ3n) is 7.37. The number of carboxylic acid groups (broad SMARTS) is 1. The van der Waals surface area contributed by atoms with Crippen LogP contribution in [-0.4, -0.2) is 66.9 Å². The molecule has 8 heteroatoms. The number of carbonyl (C=O) groups is 3. The molecule has 0 radical (unpaired) electrons. The molecule has 2 fully saturated rings. The van der Waals surface area contributed by atoms with Gasteiger partial charge in [-0.25, -0.2) is 4.79 Å². The molecule has 4 atom stereocenters. The van der Waals surface area contributed by atoms with Gasteiger partial charge in [0.2, 0.25) is 5.91 Å². The number of carboxylic acids is 1. The normalized spacial score (nSPS) is 24.5. The number of rotatable bonds is 8. The van der Waals surface area contributed by atoms with Gasteiger partial charge in [-0.15, -0.1) is 0 Å². The monoisotopic (exact) mass is 478 g/mol. The maximum Gasteiger partial charge on any atom is 0.407 e. The summed E-state index contributed by atoms with van der Waals surface area (Å²) in [7, 11) is 0. The van der Waals surface area contributed by atoms with E-state index in [-0.39, 0.29) is 36.8 Å². The Labute approximate surface area is 204 Å². The number of carbonyl (C=O) groups excluding carboxylic acids is 2. The van der Waals surface area contributed by atoms with Gasteiger partial charge in [-0.05, 0) is 41.5 Å². The minimum atomic E-state index is -0.942. The van der Waals surface area contributed by atoms with Gasteiger partial charge in [0.1, 0.15) is 12.5 Å². The van der Waals surface area contributed by atoms with E-state index in [1.165, 1.54) is 11.1 Å². The van der Waals surface area contributed by atoms with Crippen LogP contribution < -0.4 is 5.32 Å². The standard InChI is InChI=1S/C27H30N2O6/c1-2-34-24-14-29(13-22(24)26(31)32)25(30)21-11-16(21)12-28-27(33)35-15-23-19-9-5-3-7-17(19)18-8-4-6-10-20(18)23/h3-10,16,21-24H,2,11-15H2,1H3,(H,28,33)(H,31,32)/t16-,21-,22?,24?/m0/s1. The van der Waals surface area contributed by atoms with E-state index in [2.05, 4.69) is 29.6 Å².